The Morgan fingerprint density at radius 2 is 1.05 bits per heavy atom. The van der Waals surface area contributed by atoms with Crippen molar-refractivity contribution in [2.24, 2.45) is 0 Å². The van der Waals surface area contributed by atoms with Crippen LogP contribution in [0.3, 0.4) is 0 Å². The molecule has 0 aliphatic rings. The third-order valence-corrected chi connectivity index (χ3v) is 8.59. The Hall–Kier alpha value is 0.177. The highest BCUT2D eigenvalue weighted by Gasteiger charge is 2.26. The van der Waals surface area contributed by atoms with Crippen molar-refractivity contribution in [1.29, 1.82) is 0 Å². The molecule has 0 fully saturated rings. The molecule has 0 amide bonds. The highest BCUT2D eigenvalue weighted by Crippen LogP contribution is 2.21. The van der Waals surface area contributed by atoms with Crippen molar-refractivity contribution >= 4 is 8.32 Å². The lowest BCUT2D eigenvalue weighted by atomic mass is 10.1. The normalized spacial score (nSPS) is 12.3. The molecule has 0 N–H and O–H groups in total. The van der Waals surface area contributed by atoms with Crippen molar-refractivity contribution in [2.45, 2.75) is 116 Å². The minimum Gasteiger partial charge on any atom is -0.417 e. The molecule has 0 bridgehead atoms. The summed E-state index contributed by atoms with van der Waals surface area (Å²) < 4.78 is 6.12. The van der Waals surface area contributed by atoms with Crippen LogP contribution in [-0.4, -0.2) is 14.9 Å². The van der Waals surface area contributed by atoms with Gasteiger partial charge >= 0.3 is 0 Å². The molecular weight excluding hydrogens is 272 g/mol. The molecule has 0 aromatic heterocycles. The molecule has 0 aliphatic carbocycles. The van der Waals surface area contributed by atoms with Gasteiger partial charge in [0.1, 0.15) is 0 Å². The van der Waals surface area contributed by atoms with Gasteiger partial charge in [-0.05, 0) is 25.1 Å². The van der Waals surface area contributed by atoms with Gasteiger partial charge in [0.25, 0.3) is 0 Å². The SMILES string of the molecule is CCCCCCCCCCCCCCO[Si](C)(C)C(C)C. The Morgan fingerprint density at radius 1 is 0.667 bits per heavy atom. The lowest BCUT2D eigenvalue weighted by Crippen LogP contribution is -2.34. The predicted molar refractivity (Wildman–Crippen MR) is 99.6 cm³/mol. The van der Waals surface area contributed by atoms with E-state index in [1.54, 1.807) is 0 Å². The van der Waals surface area contributed by atoms with Gasteiger partial charge in [0.15, 0.2) is 8.32 Å². The average Bonchev–Trinajstić information content (AvgIpc) is 2.43. The fourth-order valence-electron chi connectivity index (χ4n) is 2.44. The van der Waals surface area contributed by atoms with Crippen LogP contribution < -0.4 is 0 Å². The fourth-order valence-corrected chi connectivity index (χ4v) is 3.45. The van der Waals surface area contributed by atoms with Crippen LogP contribution in [0.1, 0.15) is 97.8 Å². The van der Waals surface area contributed by atoms with Gasteiger partial charge < -0.3 is 4.43 Å². The molecule has 21 heavy (non-hydrogen) atoms. The highest BCUT2D eigenvalue weighted by molar-refractivity contribution is 6.72. The van der Waals surface area contributed by atoms with Crippen molar-refractivity contribution in [3.8, 4) is 0 Å². The molecule has 0 aliphatic heterocycles. The van der Waals surface area contributed by atoms with Crippen LogP contribution >= 0.6 is 0 Å². The van der Waals surface area contributed by atoms with E-state index in [2.05, 4.69) is 33.9 Å². The number of unbranched alkanes of at least 4 members (excludes halogenated alkanes) is 11. The lowest BCUT2D eigenvalue weighted by molar-refractivity contribution is 0.289. The van der Waals surface area contributed by atoms with E-state index in [1.807, 2.05) is 0 Å². The molecule has 0 rings (SSSR count). The molecule has 0 spiro atoms. The molecule has 0 saturated carbocycles. The summed E-state index contributed by atoms with van der Waals surface area (Å²) in [6, 6.07) is 0. The van der Waals surface area contributed by atoms with Gasteiger partial charge in [0.2, 0.25) is 0 Å². The second-order valence-corrected chi connectivity index (χ2v) is 12.1. The summed E-state index contributed by atoms with van der Waals surface area (Å²) in [6.45, 7) is 12.6. The summed E-state index contributed by atoms with van der Waals surface area (Å²) >= 11 is 0. The first-order valence-electron chi connectivity index (χ1n) is 9.64. The quantitative estimate of drug-likeness (QED) is 0.227. The van der Waals surface area contributed by atoms with E-state index >= 15 is 0 Å². The fraction of sp³-hybridized carbons (Fsp3) is 1.00. The molecule has 0 heterocycles. The van der Waals surface area contributed by atoms with E-state index in [4.69, 9.17) is 4.43 Å². The van der Waals surface area contributed by atoms with E-state index < -0.39 is 8.32 Å². The third kappa shape index (κ3) is 13.6. The van der Waals surface area contributed by atoms with Crippen LogP contribution in [0.25, 0.3) is 0 Å². The molecule has 128 valence electrons. The molecule has 1 nitrogen and oxygen atoms in total. The number of hydrogen-bond donors (Lipinski definition) is 0. The molecule has 2 heteroatoms. The summed E-state index contributed by atoms with van der Waals surface area (Å²) in [6.07, 6.45) is 17.0. The zero-order chi connectivity index (χ0) is 16.0. The van der Waals surface area contributed by atoms with Crippen molar-refractivity contribution in [3.63, 3.8) is 0 Å². The Kier molecular flexibility index (Phi) is 13.9. The summed E-state index contributed by atoms with van der Waals surface area (Å²) in [5, 5.41) is 0. The smallest absolute Gasteiger partial charge is 0.189 e. The van der Waals surface area contributed by atoms with E-state index in [-0.39, 0.29) is 0 Å². The first-order chi connectivity index (χ1) is 10.0. The molecule has 0 saturated heterocycles. The van der Waals surface area contributed by atoms with Crippen LogP contribution in [0.2, 0.25) is 18.6 Å². The standard InChI is InChI=1S/C19H42OSi/c1-6-7-8-9-10-11-12-13-14-15-16-17-18-20-21(4,5)19(2)3/h19H,6-18H2,1-5H3. The van der Waals surface area contributed by atoms with Gasteiger partial charge in [-0.3, -0.25) is 0 Å². The van der Waals surface area contributed by atoms with Crippen molar-refractivity contribution < 1.29 is 4.43 Å². The largest absolute Gasteiger partial charge is 0.417 e. The second kappa shape index (κ2) is 13.8. The van der Waals surface area contributed by atoms with Crippen LogP contribution in [0.4, 0.5) is 0 Å². The summed E-state index contributed by atoms with van der Waals surface area (Å²) in [4.78, 5) is 0. The topological polar surface area (TPSA) is 9.23 Å². The van der Waals surface area contributed by atoms with Gasteiger partial charge in [-0.1, -0.05) is 91.4 Å². The van der Waals surface area contributed by atoms with Gasteiger partial charge in [0.05, 0.1) is 0 Å². The second-order valence-electron chi connectivity index (χ2n) is 7.50. The van der Waals surface area contributed by atoms with Gasteiger partial charge in [-0.25, -0.2) is 0 Å². The number of rotatable bonds is 15. The first-order valence-corrected chi connectivity index (χ1v) is 12.6. The van der Waals surface area contributed by atoms with Crippen LogP contribution in [-0.2, 0) is 4.43 Å². The van der Waals surface area contributed by atoms with E-state index in [9.17, 15) is 0 Å². The molecule has 0 unspecified atom stereocenters. The van der Waals surface area contributed by atoms with Crippen LogP contribution in [0, 0.1) is 0 Å². The summed E-state index contributed by atoms with van der Waals surface area (Å²) in [7, 11) is -1.38. The van der Waals surface area contributed by atoms with Crippen molar-refractivity contribution in [3.05, 3.63) is 0 Å². The van der Waals surface area contributed by atoms with Crippen molar-refractivity contribution in [2.75, 3.05) is 6.61 Å². The van der Waals surface area contributed by atoms with E-state index in [1.165, 1.54) is 77.0 Å². The Bertz CT molecular complexity index is 214. The van der Waals surface area contributed by atoms with Gasteiger partial charge in [-0.15, -0.1) is 0 Å². The molecule has 0 radical (unpaired) electrons. The van der Waals surface area contributed by atoms with Crippen LogP contribution in [0.15, 0.2) is 0 Å². The maximum atomic E-state index is 6.12. The highest BCUT2D eigenvalue weighted by atomic mass is 28.4. The Balaban J connectivity index is 3.16. The monoisotopic (exact) mass is 314 g/mol. The van der Waals surface area contributed by atoms with E-state index in [0.717, 1.165) is 12.1 Å². The van der Waals surface area contributed by atoms with Crippen LogP contribution in [0.5, 0.6) is 0 Å². The molecule has 0 atom stereocenters. The average molecular weight is 315 g/mol. The van der Waals surface area contributed by atoms with Gasteiger partial charge in [-0.2, -0.15) is 0 Å². The Labute approximate surface area is 136 Å². The molecular formula is C19H42OSi. The molecule has 0 aromatic carbocycles. The minimum absolute atomic E-state index is 0.731. The van der Waals surface area contributed by atoms with Gasteiger partial charge in [0, 0.05) is 6.61 Å². The maximum absolute atomic E-state index is 6.12. The minimum atomic E-state index is -1.38. The maximum Gasteiger partial charge on any atom is 0.189 e. The predicted octanol–water partition coefficient (Wildman–Crippen LogP) is 7.32. The zero-order valence-corrected chi connectivity index (χ0v) is 16.7. The zero-order valence-electron chi connectivity index (χ0n) is 15.7. The summed E-state index contributed by atoms with van der Waals surface area (Å²) in [5.41, 5.74) is 0.731. The third-order valence-electron chi connectivity index (χ3n) is 4.86. The Morgan fingerprint density at radius 3 is 1.43 bits per heavy atom. The first kappa shape index (κ1) is 21.2. The lowest BCUT2D eigenvalue weighted by Gasteiger charge is -2.26. The molecule has 0 aromatic rings. The van der Waals surface area contributed by atoms with E-state index in [0.29, 0.717) is 0 Å². The summed E-state index contributed by atoms with van der Waals surface area (Å²) in [5.74, 6) is 0. The number of hydrogen-bond acceptors (Lipinski definition) is 1. The van der Waals surface area contributed by atoms with Crippen molar-refractivity contribution in [1.82, 2.24) is 0 Å².